The molecule has 0 aliphatic carbocycles. The summed E-state index contributed by atoms with van der Waals surface area (Å²) in [4.78, 5) is 15.3. The molecule has 9 nitrogen and oxygen atoms in total. The van der Waals surface area contributed by atoms with Crippen molar-refractivity contribution >= 4 is 27.3 Å². The zero-order chi connectivity index (χ0) is 19.4. The van der Waals surface area contributed by atoms with Crippen LogP contribution in [0.5, 0.6) is 0 Å². The molecule has 0 radical (unpaired) electrons. The van der Waals surface area contributed by atoms with Gasteiger partial charge in [-0.2, -0.15) is 0 Å². The fourth-order valence-electron chi connectivity index (χ4n) is 2.91. The number of piperazine rings is 1. The van der Waals surface area contributed by atoms with E-state index in [4.69, 9.17) is 5.73 Å². The first-order chi connectivity index (χ1) is 12.9. The van der Waals surface area contributed by atoms with Gasteiger partial charge in [0, 0.05) is 26.2 Å². The van der Waals surface area contributed by atoms with Crippen LogP contribution in [0.25, 0.3) is 0 Å². The predicted octanol–water partition coefficient (Wildman–Crippen LogP) is 0.815. The Morgan fingerprint density at radius 2 is 1.78 bits per heavy atom. The maximum atomic E-state index is 12.4. The summed E-state index contributed by atoms with van der Waals surface area (Å²) in [7, 11) is -3.74. The SMILES string of the molecule is CCN1CCN(c2ncnc(NNS(=O)(=O)c3ccc(C)cc3)c2N)CC1. The lowest BCUT2D eigenvalue weighted by Gasteiger charge is -2.35. The predicted molar refractivity (Wildman–Crippen MR) is 106 cm³/mol. The number of sulfonamides is 1. The van der Waals surface area contributed by atoms with Gasteiger partial charge in [-0.1, -0.05) is 24.6 Å². The second kappa shape index (κ2) is 8.07. The quantitative estimate of drug-likeness (QED) is 0.620. The zero-order valence-electron chi connectivity index (χ0n) is 15.5. The van der Waals surface area contributed by atoms with E-state index in [-0.39, 0.29) is 10.7 Å². The molecule has 27 heavy (non-hydrogen) atoms. The number of anilines is 3. The minimum absolute atomic E-state index is 0.157. The van der Waals surface area contributed by atoms with Crippen LogP contribution >= 0.6 is 0 Å². The number of nitrogens with one attached hydrogen (secondary N) is 2. The number of likely N-dealkylation sites (N-methyl/N-ethyl adjacent to an activating group) is 1. The maximum absolute atomic E-state index is 12.4. The number of nitrogen functional groups attached to an aromatic ring is 1. The third-order valence-electron chi connectivity index (χ3n) is 4.62. The van der Waals surface area contributed by atoms with Crippen LogP contribution in [0.15, 0.2) is 35.5 Å². The van der Waals surface area contributed by atoms with Gasteiger partial charge in [-0.15, -0.1) is 4.83 Å². The molecule has 2 aromatic rings. The van der Waals surface area contributed by atoms with E-state index in [0.29, 0.717) is 11.5 Å². The number of nitrogens with two attached hydrogens (primary N) is 1. The maximum Gasteiger partial charge on any atom is 0.257 e. The summed E-state index contributed by atoms with van der Waals surface area (Å²) < 4.78 is 24.8. The van der Waals surface area contributed by atoms with Crippen LogP contribution in [-0.2, 0) is 10.0 Å². The van der Waals surface area contributed by atoms with Gasteiger partial charge in [-0.05, 0) is 25.6 Å². The van der Waals surface area contributed by atoms with Crippen molar-refractivity contribution in [3.63, 3.8) is 0 Å². The highest BCUT2D eigenvalue weighted by Gasteiger charge is 2.21. The Morgan fingerprint density at radius 1 is 1.11 bits per heavy atom. The first-order valence-electron chi connectivity index (χ1n) is 8.83. The molecule has 1 aliphatic heterocycles. The molecule has 1 saturated heterocycles. The van der Waals surface area contributed by atoms with Gasteiger partial charge in [-0.3, -0.25) is 5.43 Å². The minimum Gasteiger partial charge on any atom is -0.393 e. The molecule has 146 valence electrons. The fourth-order valence-corrected chi connectivity index (χ4v) is 3.75. The van der Waals surface area contributed by atoms with Crippen molar-refractivity contribution in [3.8, 4) is 0 Å². The Kier molecular flexibility index (Phi) is 5.78. The van der Waals surface area contributed by atoms with Gasteiger partial charge in [0.25, 0.3) is 10.0 Å². The monoisotopic (exact) mass is 391 g/mol. The van der Waals surface area contributed by atoms with Crippen LogP contribution < -0.4 is 20.9 Å². The molecule has 1 fully saturated rings. The van der Waals surface area contributed by atoms with Crippen molar-refractivity contribution in [1.82, 2.24) is 19.7 Å². The third kappa shape index (κ3) is 4.46. The highest BCUT2D eigenvalue weighted by molar-refractivity contribution is 7.89. The van der Waals surface area contributed by atoms with Crippen molar-refractivity contribution in [3.05, 3.63) is 36.2 Å². The second-order valence-electron chi connectivity index (χ2n) is 6.42. The minimum atomic E-state index is -3.74. The lowest BCUT2D eigenvalue weighted by atomic mass is 10.2. The summed E-state index contributed by atoms with van der Waals surface area (Å²) in [5, 5.41) is 0. The lowest BCUT2D eigenvalue weighted by Crippen LogP contribution is -2.46. The number of hydrogen-bond donors (Lipinski definition) is 3. The average molecular weight is 392 g/mol. The molecule has 1 aromatic carbocycles. The summed E-state index contributed by atoms with van der Waals surface area (Å²) in [6.07, 6.45) is 1.38. The molecule has 4 N–H and O–H groups in total. The number of aryl methyl sites for hydroxylation is 1. The van der Waals surface area contributed by atoms with E-state index in [1.54, 1.807) is 24.3 Å². The van der Waals surface area contributed by atoms with Crippen LogP contribution in [-0.4, -0.2) is 56.0 Å². The molecule has 1 aromatic heterocycles. The first kappa shape index (κ1) is 19.3. The number of nitrogens with zero attached hydrogens (tertiary/aromatic N) is 4. The Bertz CT molecular complexity index is 879. The number of hydrogen-bond acceptors (Lipinski definition) is 8. The van der Waals surface area contributed by atoms with Gasteiger partial charge < -0.3 is 15.5 Å². The Labute approximate surface area is 159 Å². The van der Waals surface area contributed by atoms with Crippen molar-refractivity contribution < 1.29 is 8.42 Å². The molecule has 0 atom stereocenters. The van der Waals surface area contributed by atoms with Crippen LogP contribution in [0.3, 0.4) is 0 Å². The molecule has 1 aliphatic rings. The van der Waals surface area contributed by atoms with Gasteiger partial charge in [-0.25, -0.2) is 18.4 Å². The normalized spacial score (nSPS) is 15.7. The number of rotatable bonds is 6. The van der Waals surface area contributed by atoms with Gasteiger partial charge in [0.05, 0.1) is 4.90 Å². The second-order valence-corrected chi connectivity index (χ2v) is 8.11. The third-order valence-corrected chi connectivity index (χ3v) is 5.88. The van der Waals surface area contributed by atoms with E-state index in [2.05, 4.69) is 36.9 Å². The first-order valence-corrected chi connectivity index (χ1v) is 10.3. The molecule has 0 spiro atoms. The van der Waals surface area contributed by atoms with Crippen molar-refractivity contribution in [2.75, 3.05) is 48.8 Å². The van der Waals surface area contributed by atoms with Gasteiger partial charge in [0.1, 0.15) is 12.0 Å². The topological polar surface area (TPSA) is 116 Å². The van der Waals surface area contributed by atoms with Crippen LogP contribution in [0, 0.1) is 6.92 Å². The van der Waals surface area contributed by atoms with Crippen molar-refractivity contribution in [1.29, 1.82) is 0 Å². The highest BCUT2D eigenvalue weighted by Crippen LogP contribution is 2.26. The largest absolute Gasteiger partial charge is 0.393 e. The summed E-state index contributed by atoms with van der Waals surface area (Å²) in [6, 6.07) is 6.56. The standard InChI is InChI=1S/C17H25N7O2S/c1-3-23-8-10-24(11-9-23)17-15(18)16(19-12-20-17)21-22-27(25,26)14-6-4-13(2)5-7-14/h4-7,12,22H,3,8-11,18H2,1-2H3,(H,19,20,21). The molecule has 3 rings (SSSR count). The molecule has 0 saturated carbocycles. The average Bonchev–Trinajstić information content (AvgIpc) is 2.68. The van der Waals surface area contributed by atoms with Crippen molar-refractivity contribution in [2.24, 2.45) is 0 Å². The molecule has 0 bridgehead atoms. The number of hydrazine groups is 1. The van der Waals surface area contributed by atoms with Gasteiger partial charge >= 0.3 is 0 Å². The Hall–Kier alpha value is -2.43. The molecule has 2 heterocycles. The fraction of sp³-hybridized carbons (Fsp3) is 0.412. The molecule has 0 unspecified atom stereocenters. The van der Waals surface area contributed by atoms with E-state index < -0.39 is 10.0 Å². The Morgan fingerprint density at radius 3 is 2.41 bits per heavy atom. The van der Waals surface area contributed by atoms with E-state index in [1.165, 1.54) is 6.33 Å². The smallest absolute Gasteiger partial charge is 0.257 e. The molecule has 10 heteroatoms. The van der Waals surface area contributed by atoms with Crippen LogP contribution in [0.1, 0.15) is 12.5 Å². The highest BCUT2D eigenvalue weighted by atomic mass is 32.2. The van der Waals surface area contributed by atoms with E-state index in [9.17, 15) is 8.42 Å². The summed E-state index contributed by atoms with van der Waals surface area (Å²) in [5.74, 6) is 0.839. The Balaban J connectivity index is 1.72. The van der Waals surface area contributed by atoms with E-state index in [0.717, 1.165) is 38.3 Å². The molecule has 0 amide bonds. The number of benzene rings is 1. The van der Waals surface area contributed by atoms with Gasteiger partial charge in [0.15, 0.2) is 11.6 Å². The van der Waals surface area contributed by atoms with E-state index >= 15 is 0 Å². The van der Waals surface area contributed by atoms with Crippen molar-refractivity contribution in [2.45, 2.75) is 18.7 Å². The van der Waals surface area contributed by atoms with Crippen LogP contribution in [0.4, 0.5) is 17.3 Å². The molecular weight excluding hydrogens is 366 g/mol. The summed E-state index contributed by atoms with van der Waals surface area (Å²) in [6.45, 7) is 8.53. The number of aromatic nitrogens is 2. The van der Waals surface area contributed by atoms with E-state index in [1.807, 2.05) is 6.92 Å². The lowest BCUT2D eigenvalue weighted by molar-refractivity contribution is 0.270. The molecular formula is C17H25N7O2S. The summed E-state index contributed by atoms with van der Waals surface area (Å²) in [5.41, 5.74) is 10.1. The summed E-state index contributed by atoms with van der Waals surface area (Å²) >= 11 is 0. The van der Waals surface area contributed by atoms with Gasteiger partial charge in [0.2, 0.25) is 0 Å². The zero-order valence-corrected chi connectivity index (χ0v) is 16.3. The van der Waals surface area contributed by atoms with Crippen LogP contribution in [0.2, 0.25) is 0 Å².